The molecule has 0 spiro atoms. The number of fused-ring (bicyclic) bond motifs is 2. The van der Waals surface area contributed by atoms with Crippen molar-refractivity contribution in [2.24, 2.45) is 14.1 Å². The number of sulfone groups is 1. The maximum atomic E-state index is 13.2. The highest BCUT2D eigenvalue weighted by Gasteiger charge is 2.32. The molecule has 33 heavy (non-hydrogen) atoms. The Labute approximate surface area is 191 Å². The van der Waals surface area contributed by atoms with Crippen LogP contribution in [0.5, 0.6) is 0 Å². The Balaban J connectivity index is 2.10. The van der Waals surface area contributed by atoms with Crippen LogP contribution in [0.1, 0.15) is 12.5 Å². The summed E-state index contributed by atoms with van der Waals surface area (Å²) in [6.07, 6.45) is -2.04. The van der Waals surface area contributed by atoms with E-state index in [2.05, 4.69) is 9.97 Å². The van der Waals surface area contributed by atoms with E-state index in [1.54, 1.807) is 20.2 Å². The SMILES string of the molecule is CCS(=O)(=O)c1cc2c(cc1-c1nc3cc(C(F)(F)F)cnc3n1C)n(CSC)c(=O)n2C. The summed E-state index contributed by atoms with van der Waals surface area (Å²) in [5.74, 6) is 0.276. The molecule has 0 fully saturated rings. The lowest BCUT2D eigenvalue weighted by molar-refractivity contribution is -0.137. The molecule has 4 rings (SSSR count). The summed E-state index contributed by atoms with van der Waals surface area (Å²) in [5.41, 5.74) is 0.0217. The minimum absolute atomic E-state index is 0.0168. The number of hydrogen-bond donors (Lipinski definition) is 0. The number of aromatic nitrogens is 5. The second-order valence-electron chi connectivity index (χ2n) is 7.49. The third-order valence-electron chi connectivity index (χ3n) is 5.50. The lowest BCUT2D eigenvalue weighted by atomic mass is 10.2. The van der Waals surface area contributed by atoms with E-state index >= 15 is 0 Å². The molecular weight excluding hydrogens is 479 g/mol. The first-order valence-corrected chi connectivity index (χ1v) is 12.8. The van der Waals surface area contributed by atoms with Crippen LogP contribution in [-0.4, -0.2) is 44.1 Å². The van der Waals surface area contributed by atoms with Gasteiger partial charge >= 0.3 is 11.9 Å². The van der Waals surface area contributed by atoms with Gasteiger partial charge in [-0.25, -0.2) is 23.2 Å². The van der Waals surface area contributed by atoms with Crippen LogP contribution in [0.25, 0.3) is 33.6 Å². The minimum atomic E-state index is -4.59. The minimum Gasteiger partial charge on any atom is -0.312 e. The Morgan fingerprint density at radius 2 is 1.79 bits per heavy atom. The van der Waals surface area contributed by atoms with Crippen molar-refractivity contribution in [2.75, 3.05) is 12.0 Å². The summed E-state index contributed by atoms with van der Waals surface area (Å²) in [6.45, 7) is 1.49. The summed E-state index contributed by atoms with van der Waals surface area (Å²) in [4.78, 5) is 20.9. The molecule has 0 N–H and O–H groups in total. The van der Waals surface area contributed by atoms with E-state index in [0.717, 1.165) is 6.07 Å². The fraction of sp³-hybridized carbons (Fsp3) is 0.350. The monoisotopic (exact) mass is 499 g/mol. The molecular formula is C20H20F3N5O3S2. The quantitative estimate of drug-likeness (QED) is 0.418. The van der Waals surface area contributed by atoms with E-state index in [4.69, 9.17) is 0 Å². The van der Waals surface area contributed by atoms with Crippen molar-refractivity contribution < 1.29 is 21.6 Å². The van der Waals surface area contributed by atoms with Crippen LogP contribution >= 0.6 is 11.8 Å². The number of rotatable bonds is 5. The number of thioether (sulfide) groups is 1. The molecule has 0 saturated heterocycles. The molecule has 3 aromatic heterocycles. The van der Waals surface area contributed by atoms with Crippen molar-refractivity contribution in [1.82, 2.24) is 23.7 Å². The Hall–Kier alpha value is -2.80. The van der Waals surface area contributed by atoms with Crippen LogP contribution in [-0.2, 0) is 36.0 Å². The normalized spacial score (nSPS) is 12.8. The predicted molar refractivity (Wildman–Crippen MR) is 121 cm³/mol. The summed E-state index contributed by atoms with van der Waals surface area (Å²) in [6, 6.07) is 3.86. The van der Waals surface area contributed by atoms with Crippen molar-refractivity contribution in [3.63, 3.8) is 0 Å². The third-order valence-corrected chi connectivity index (χ3v) is 7.78. The molecule has 0 amide bonds. The number of imidazole rings is 2. The van der Waals surface area contributed by atoms with Gasteiger partial charge in [0.25, 0.3) is 0 Å². The zero-order valence-corrected chi connectivity index (χ0v) is 19.8. The zero-order valence-electron chi connectivity index (χ0n) is 18.1. The number of pyridine rings is 1. The first kappa shape index (κ1) is 23.4. The molecule has 0 aliphatic rings. The fourth-order valence-electron chi connectivity index (χ4n) is 3.74. The molecule has 0 unspecified atom stereocenters. The molecule has 8 nitrogen and oxygen atoms in total. The van der Waals surface area contributed by atoms with Crippen molar-refractivity contribution in [3.05, 3.63) is 40.4 Å². The van der Waals surface area contributed by atoms with E-state index in [9.17, 15) is 26.4 Å². The number of aryl methyl sites for hydroxylation is 2. The van der Waals surface area contributed by atoms with Crippen LogP contribution in [0.15, 0.2) is 34.1 Å². The van der Waals surface area contributed by atoms with Crippen molar-refractivity contribution in [1.29, 1.82) is 0 Å². The van der Waals surface area contributed by atoms with Crippen LogP contribution in [0.3, 0.4) is 0 Å². The van der Waals surface area contributed by atoms with E-state index in [1.165, 1.54) is 38.5 Å². The van der Waals surface area contributed by atoms with E-state index in [-0.39, 0.29) is 38.9 Å². The highest BCUT2D eigenvalue weighted by molar-refractivity contribution is 7.97. The average Bonchev–Trinajstić information content (AvgIpc) is 3.21. The molecule has 1 aromatic carbocycles. The lowest BCUT2D eigenvalue weighted by Crippen LogP contribution is -2.21. The van der Waals surface area contributed by atoms with Gasteiger partial charge in [0.1, 0.15) is 11.3 Å². The predicted octanol–water partition coefficient (Wildman–Crippen LogP) is 3.42. The summed E-state index contributed by atoms with van der Waals surface area (Å²) in [5, 5.41) is 0. The molecule has 3 heterocycles. The van der Waals surface area contributed by atoms with Gasteiger partial charge in [-0.3, -0.25) is 9.13 Å². The van der Waals surface area contributed by atoms with E-state index in [1.807, 2.05) is 6.26 Å². The summed E-state index contributed by atoms with van der Waals surface area (Å²) >= 11 is 1.42. The van der Waals surface area contributed by atoms with Crippen molar-refractivity contribution >= 4 is 43.8 Å². The number of nitrogens with zero attached hydrogens (tertiary/aromatic N) is 5. The van der Waals surface area contributed by atoms with Crippen LogP contribution < -0.4 is 5.69 Å². The van der Waals surface area contributed by atoms with Gasteiger partial charge in [-0.1, -0.05) is 6.92 Å². The molecule has 4 aromatic rings. The summed E-state index contributed by atoms with van der Waals surface area (Å²) in [7, 11) is -0.661. The van der Waals surface area contributed by atoms with Crippen LogP contribution in [0.4, 0.5) is 13.2 Å². The van der Waals surface area contributed by atoms with Gasteiger partial charge in [-0.05, 0) is 24.5 Å². The number of alkyl halides is 3. The molecule has 0 atom stereocenters. The van der Waals surface area contributed by atoms with E-state index < -0.39 is 21.6 Å². The van der Waals surface area contributed by atoms with Crippen molar-refractivity contribution in [3.8, 4) is 11.4 Å². The third kappa shape index (κ3) is 3.72. The topological polar surface area (TPSA) is 91.8 Å². The summed E-state index contributed by atoms with van der Waals surface area (Å²) < 4.78 is 69.7. The molecule has 0 saturated carbocycles. The highest BCUT2D eigenvalue weighted by atomic mass is 32.2. The molecule has 0 bridgehead atoms. The Bertz CT molecular complexity index is 1570. The van der Waals surface area contributed by atoms with Gasteiger partial charge < -0.3 is 4.57 Å². The molecule has 0 radical (unpaired) electrons. The number of hydrogen-bond acceptors (Lipinski definition) is 6. The van der Waals surface area contributed by atoms with E-state index in [0.29, 0.717) is 23.1 Å². The Morgan fingerprint density at radius 1 is 1.09 bits per heavy atom. The number of halogens is 3. The Kier molecular flexibility index (Phi) is 5.60. The zero-order chi connectivity index (χ0) is 24.3. The smallest absolute Gasteiger partial charge is 0.312 e. The van der Waals surface area contributed by atoms with Gasteiger partial charge in [0, 0.05) is 25.9 Å². The molecule has 176 valence electrons. The van der Waals surface area contributed by atoms with Gasteiger partial charge in [0.2, 0.25) is 0 Å². The lowest BCUT2D eigenvalue weighted by Gasteiger charge is -2.11. The van der Waals surface area contributed by atoms with Gasteiger partial charge in [-0.2, -0.15) is 13.2 Å². The first-order chi connectivity index (χ1) is 15.4. The van der Waals surface area contributed by atoms with Crippen LogP contribution in [0, 0.1) is 0 Å². The van der Waals surface area contributed by atoms with Crippen molar-refractivity contribution in [2.45, 2.75) is 23.9 Å². The van der Waals surface area contributed by atoms with Crippen LogP contribution in [0.2, 0.25) is 0 Å². The standard InChI is InChI=1S/C20H20F3N5O3S2/c1-5-33(30,31)16-8-14-15(28(10-32-4)19(29)26(14)2)7-12(16)17-25-13-6-11(20(21,22)23)9-24-18(13)27(17)3/h6-9H,5,10H2,1-4H3. The second-order valence-corrected chi connectivity index (χ2v) is 10.6. The second kappa shape index (κ2) is 7.90. The number of benzene rings is 1. The average molecular weight is 500 g/mol. The van der Waals surface area contributed by atoms with Gasteiger partial charge in [0.15, 0.2) is 15.5 Å². The molecule has 0 aliphatic carbocycles. The highest BCUT2D eigenvalue weighted by Crippen LogP contribution is 2.35. The maximum Gasteiger partial charge on any atom is 0.417 e. The largest absolute Gasteiger partial charge is 0.417 e. The maximum absolute atomic E-state index is 13.2. The molecule has 0 aliphatic heterocycles. The van der Waals surface area contributed by atoms with Gasteiger partial charge in [0.05, 0.1) is 33.1 Å². The first-order valence-electron chi connectivity index (χ1n) is 9.75. The van der Waals surface area contributed by atoms with Gasteiger partial charge in [-0.15, -0.1) is 11.8 Å². The fourth-order valence-corrected chi connectivity index (χ4v) is 5.34. The molecule has 13 heteroatoms. The Morgan fingerprint density at radius 3 is 2.39 bits per heavy atom.